The van der Waals surface area contributed by atoms with Crippen LogP contribution in [0.2, 0.25) is 0 Å². The Morgan fingerprint density at radius 3 is 3.00 bits per heavy atom. The summed E-state index contributed by atoms with van der Waals surface area (Å²) in [5.74, 6) is 0.783. The molecule has 1 heterocycles. The highest BCUT2D eigenvalue weighted by molar-refractivity contribution is 9.10. The van der Waals surface area contributed by atoms with Crippen molar-refractivity contribution in [1.29, 1.82) is 0 Å². The van der Waals surface area contributed by atoms with E-state index in [9.17, 15) is 4.79 Å². The zero-order valence-corrected chi connectivity index (χ0v) is 13.0. The van der Waals surface area contributed by atoms with Crippen molar-refractivity contribution in [1.82, 2.24) is 4.90 Å². The Kier molecular flexibility index (Phi) is 4.81. The molecular weight excluding hydrogens is 312 g/mol. The predicted molar refractivity (Wildman–Crippen MR) is 78.4 cm³/mol. The molecular formula is C13H19BrN2OS. The Bertz CT molecular complexity index is 421. The van der Waals surface area contributed by atoms with Gasteiger partial charge in [-0.15, -0.1) is 11.3 Å². The summed E-state index contributed by atoms with van der Waals surface area (Å²) < 4.78 is 1.09. The second kappa shape index (κ2) is 6.17. The number of hydrogen-bond donors (Lipinski definition) is 1. The molecule has 0 spiro atoms. The summed E-state index contributed by atoms with van der Waals surface area (Å²) >= 11 is 5.12. The van der Waals surface area contributed by atoms with Crippen LogP contribution in [0.1, 0.15) is 24.1 Å². The third kappa shape index (κ3) is 3.13. The maximum atomic E-state index is 12.4. The van der Waals surface area contributed by atoms with Crippen LogP contribution in [0.25, 0.3) is 0 Å². The molecule has 1 amide bonds. The van der Waals surface area contributed by atoms with Gasteiger partial charge >= 0.3 is 0 Å². The highest BCUT2D eigenvalue weighted by atomic mass is 79.9. The molecule has 3 nitrogen and oxygen atoms in total. The molecule has 0 radical (unpaired) electrons. The predicted octanol–water partition coefficient (Wildman–Crippen LogP) is 2.84. The van der Waals surface area contributed by atoms with Gasteiger partial charge < -0.3 is 10.6 Å². The van der Waals surface area contributed by atoms with Crippen LogP contribution < -0.4 is 5.73 Å². The smallest absolute Gasteiger partial charge is 0.226 e. The van der Waals surface area contributed by atoms with E-state index in [1.54, 1.807) is 11.3 Å². The Balaban J connectivity index is 1.96. The number of hydrogen-bond acceptors (Lipinski definition) is 3. The van der Waals surface area contributed by atoms with Gasteiger partial charge in [0, 0.05) is 27.7 Å². The van der Waals surface area contributed by atoms with Crippen LogP contribution in [-0.2, 0) is 11.3 Å². The molecule has 2 rings (SSSR count). The first-order valence-electron chi connectivity index (χ1n) is 6.29. The Hall–Kier alpha value is -0.390. The molecule has 1 fully saturated rings. The molecule has 1 aromatic heterocycles. The topological polar surface area (TPSA) is 46.3 Å². The Labute approximate surface area is 120 Å². The van der Waals surface area contributed by atoms with E-state index in [0.717, 1.165) is 23.7 Å². The van der Waals surface area contributed by atoms with Crippen molar-refractivity contribution in [3.05, 3.63) is 20.8 Å². The van der Waals surface area contributed by atoms with Gasteiger partial charge in [0.15, 0.2) is 0 Å². The van der Waals surface area contributed by atoms with E-state index in [-0.39, 0.29) is 11.8 Å². The molecule has 100 valence electrons. The summed E-state index contributed by atoms with van der Waals surface area (Å²) in [6.45, 7) is 1.33. The molecule has 1 aromatic rings. The minimum atomic E-state index is 0.142. The molecule has 0 unspecified atom stereocenters. The minimum Gasteiger partial charge on any atom is -0.340 e. The molecule has 0 bridgehead atoms. The van der Waals surface area contributed by atoms with Gasteiger partial charge in [0.1, 0.15) is 0 Å². The number of carbonyl (C=O) groups excluding carboxylic acids is 1. The first kappa shape index (κ1) is 14.0. The summed E-state index contributed by atoms with van der Waals surface area (Å²) in [5, 5.41) is 2.05. The summed E-state index contributed by atoms with van der Waals surface area (Å²) in [6.07, 6.45) is 3.24. The maximum absolute atomic E-state index is 12.4. The number of carbonyl (C=O) groups is 1. The number of halogens is 1. The van der Waals surface area contributed by atoms with Gasteiger partial charge in [-0.3, -0.25) is 4.79 Å². The lowest BCUT2D eigenvalue weighted by molar-refractivity contribution is -0.135. The molecule has 18 heavy (non-hydrogen) atoms. The van der Waals surface area contributed by atoms with Crippen LogP contribution in [0.3, 0.4) is 0 Å². The fraction of sp³-hybridized carbons (Fsp3) is 0.615. The third-order valence-corrected chi connectivity index (χ3v) is 5.35. The molecule has 1 saturated carbocycles. The average molecular weight is 331 g/mol. The largest absolute Gasteiger partial charge is 0.340 e. The van der Waals surface area contributed by atoms with Crippen molar-refractivity contribution in [3.63, 3.8) is 0 Å². The van der Waals surface area contributed by atoms with Crippen LogP contribution in [0.4, 0.5) is 0 Å². The molecule has 2 N–H and O–H groups in total. The van der Waals surface area contributed by atoms with E-state index in [2.05, 4.69) is 22.0 Å². The minimum absolute atomic E-state index is 0.142. The fourth-order valence-electron chi connectivity index (χ4n) is 2.68. The third-order valence-electron chi connectivity index (χ3n) is 3.67. The van der Waals surface area contributed by atoms with E-state index in [4.69, 9.17) is 5.73 Å². The van der Waals surface area contributed by atoms with Gasteiger partial charge in [-0.05, 0) is 47.3 Å². The van der Waals surface area contributed by atoms with E-state index in [1.165, 1.54) is 4.88 Å². The second-order valence-corrected chi connectivity index (χ2v) is 6.87. The van der Waals surface area contributed by atoms with Gasteiger partial charge in [-0.2, -0.15) is 0 Å². The van der Waals surface area contributed by atoms with Crippen molar-refractivity contribution >= 4 is 33.2 Å². The molecule has 2 atom stereocenters. The average Bonchev–Trinajstić information content (AvgIpc) is 2.96. The van der Waals surface area contributed by atoms with Gasteiger partial charge in [0.05, 0.1) is 6.54 Å². The standard InChI is InChI=1S/C13H19BrN2OS/c1-16(7-11-5-10(14)8-18-11)13(17)12-4-2-3-9(12)6-15/h5,8-9,12H,2-4,6-7,15H2,1H3/t9-,12-/m1/s1. The van der Waals surface area contributed by atoms with Gasteiger partial charge in [-0.25, -0.2) is 0 Å². The number of amides is 1. The van der Waals surface area contributed by atoms with E-state index in [0.29, 0.717) is 19.0 Å². The van der Waals surface area contributed by atoms with E-state index < -0.39 is 0 Å². The molecule has 1 aliphatic carbocycles. The van der Waals surface area contributed by atoms with Crippen LogP contribution >= 0.6 is 27.3 Å². The molecule has 0 saturated heterocycles. The summed E-state index contributed by atoms with van der Waals surface area (Å²) in [7, 11) is 1.89. The number of rotatable bonds is 4. The maximum Gasteiger partial charge on any atom is 0.226 e. The molecule has 0 aliphatic heterocycles. The Morgan fingerprint density at radius 2 is 2.39 bits per heavy atom. The fourth-order valence-corrected chi connectivity index (χ4v) is 4.18. The first-order valence-corrected chi connectivity index (χ1v) is 7.97. The molecule has 5 heteroatoms. The number of thiophene rings is 1. The van der Waals surface area contributed by atoms with Crippen LogP contribution in [0, 0.1) is 11.8 Å². The highest BCUT2D eigenvalue weighted by Crippen LogP contribution is 2.32. The monoisotopic (exact) mass is 330 g/mol. The summed E-state index contributed by atoms with van der Waals surface area (Å²) in [6, 6.07) is 2.07. The molecule has 1 aliphatic rings. The van der Waals surface area contributed by atoms with E-state index >= 15 is 0 Å². The Morgan fingerprint density at radius 1 is 1.61 bits per heavy atom. The summed E-state index contributed by atoms with van der Waals surface area (Å²) in [5.41, 5.74) is 5.74. The zero-order valence-electron chi connectivity index (χ0n) is 10.6. The van der Waals surface area contributed by atoms with Crippen LogP contribution in [0.15, 0.2) is 15.9 Å². The lowest BCUT2D eigenvalue weighted by atomic mass is 9.95. The van der Waals surface area contributed by atoms with Crippen molar-refractivity contribution in [2.24, 2.45) is 17.6 Å². The van der Waals surface area contributed by atoms with E-state index in [1.807, 2.05) is 17.3 Å². The quantitative estimate of drug-likeness (QED) is 0.922. The summed E-state index contributed by atoms with van der Waals surface area (Å²) in [4.78, 5) is 15.4. The van der Waals surface area contributed by atoms with Gasteiger partial charge in [0.2, 0.25) is 5.91 Å². The normalized spacial score (nSPS) is 23.3. The lowest BCUT2D eigenvalue weighted by Gasteiger charge is -2.24. The lowest BCUT2D eigenvalue weighted by Crippen LogP contribution is -2.36. The second-order valence-electron chi connectivity index (χ2n) is 4.96. The van der Waals surface area contributed by atoms with Crippen LogP contribution in [0.5, 0.6) is 0 Å². The number of nitrogens with zero attached hydrogens (tertiary/aromatic N) is 1. The number of nitrogens with two attached hydrogens (primary N) is 1. The van der Waals surface area contributed by atoms with Gasteiger partial charge in [-0.1, -0.05) is 6.42 Å². The highest BCUT2D eigenvalue weighted by Gasteiger charge is 2.33. The van der Waals surface area contributed by atoms with Crippen molar-refractivity contribution < 1.29 is 4.79 Å². The van der Waals surface area contributed by atoms with Crippen molar-refractivity contribution in [3.8, 4) is 0 Å². The van der Waals surface area contributed by atoms with Gasteiger partial charge in [0.25, 0.3) is 0 Å². The molecule has 0 aromatic carbocycles. The SMILES string of the molecule is CN(Cc1cc(Br)cs1)C(=O)[C@@H]1CCC[C@@H]1CN. The first-order chi connectivity index (χ1) is 8.61. The van der Waals surface area contributed by atoms with Crippen molar-refractivity contribution in [2.75, 3.05) is 13.6 Å². The van der Waals surface area contributed by atoms with Crippen molar-refractivity contribution in [2.45, 2.75) is 25.8 Å². The zero-order chi connectivity index (χ0) is 13.1. The van der Waals surface area contributed by atoms with Crippen LogP contribution in [-0.4, -0.2) is 24.4 Å².